The van der Waals surface area contributed by atoms with Gasteiger partial charge in [0, 0.05) is 30.9 Å². The molecule has 0 spiro atoms. The molecule has 1 amide bonds. The third-order valence-electron chi connectivity index (χ3n) is 2.23. The monoisotopic (exact) mass is 302 g/mol. The molecular weight excluding hydrogens is 288 g/mol. The van der Waals surface area contributed by atoms with Gasteiger partial charge >= 0.3 is 0 Å². The molecule has 0 bridgehead atoms. The van der Waals surface area contributed by atoms with Crippen molar-refractivity contribution in [1.82, 2.24) is 10.3 Å². The summed E-state index contributed by atoms with van der Waals surface area (Å²) in [7, 11) is 1.57. The number of methoxy groups -OCH3 is 1. The minimum absolute atomic E-state index is 0.105. The first-order valence-electron chi connectivity index (χ1n) is 5.22. The molecule has 94 valence electrons. The predicted octanol–water partition coefficient (Wildman–Crippen LogP) is 0.905. The van der Waals surface area contributed by atoms with Crippen molar-refractivity contribution < 1.29 is 9.53 Å². The van der Waals surface area contributed by atoms with E-state index in [1.54, 1.807) is 7.11 Å². The lowest BCUT2D eigenvalue weighted by atomic mass is 10.2. The van der Waals surface area contributed by atoms with Crippen molar-refractivity contribution in [2.75, 3.05) is 19.0 Å². The Morgan fingerprint density at radius 3 is 3.00 bits per heavy atom. The highest BCUT2D eigenvalue weighted by Gasteiger charge is 2.15. The fourth-order valence-electron chi connectivity index (χ4n) is 1.39. The third-order valence-corrected chi connectivity index (χ3v) is 2.69. The standard InChI is InChI=1S/C11H15BrN2O3/c1-17-7-8(2-4-12)14-11(16)9-6-13-5-3-10(9)15/h3,5-6,8H,2,4,7H2,1H3,(H,13,15)(H,14,16). The fraction of sp³-hybridized carbons (Fsp3) is 0.455. The summed E-state index contributed by atoms with van der Waals surface area (Å²) in [6, 6.07) is 1.22. The summed E-state index contributed by atoms with van der Waals surface area (Å²) >= 11 is 3.31. The van der Waals surface area contributed by atoms with Gasteiger partial charge in [0.15, 0.2) is 5.43 Å². The Bertz CT molecular complexity index is 413. The van der Waals surface area contributed by atoms with Gasteiger partial charge in [0.2, 0.25) is 0 Å². The van der Waals surface area contributed by atoms with Crippen LogP contribution in [0, 0.1) is 0 Å². The molecule has 1 heterocycles. The van der Waals surface area contributed by atoms with Crippen molar-refractivity contribution in [3.63, 3.8) is 0 Å². The van der Waals surface area contributed by atoms with Gasteiger partial charge in [-0.25, -0.2) is 0 Å². The van der Waals surface area contributed by atoms with Crippen molar-refractivity contribution in [3.05, 3.63) is 34.2 Å². The molecule has 0 radical (unpaired) electrons. The molecule has 0 aromatic carbocycles. The molecule has 0 aliphatic heterocycles. The normalized spacial score (nSPS) is 12.1. The number of aromatic amines is 1. The van der Waals surface area contributed by atoms with E-state index in [4.69, 9.17) is 4.74 Å². The van der Waals surface area contributed by atoms with E-state index in [-0.39, 0.29) is 22.9 Å². The predicted molar refractivity (Wildman–Crippen MR) is 68.6 cm³/mol. The van der Waals surface area contributed by atoms with Crippen molar-refractivity contribution >= 4 is 21.8 Å². The van der Waals surface area contributed by atoms with Crippen LogP contribution in [0.4, 0.5) is 0 Å². The second-order valence-electron chi connectivity index (χ2n) is 3.53. The number of pyridine rings is 1. The number of aromatic nitrogens is 1. The number of halogens is 1. The van der Waals surface area contributed by atoms with Crippen LogP contribution in [0.1, 0.15) is 16.8 Å². The molecule has 1 aromatic rings. The summed E-state index contributed by atoms with van der Waals surface area (Å²) in [5.74, 6) is -0.380. The van der Waals surface area contributed by atoms with Crippen molar-refractivity contribution in [2.24, 2.45) is 0 Å². The molecule has 1 rings (SSSR count). The molecule has 5 nitrogen and oxygen atoms in total. The van der Waals surface area contributed by atoms with Crippen LogP contribution in [-0.4, -0.2) is 36.0 Å². The maximum absolute atomic E-state index is 11.8. The average Bonchev–Trinajstić information content (AvgIpc) is 2.30. The summed E-state index contributed by atoms with van der Waals surface area (Å²) in [6.45, 7) is 0.419. The SMILES string of the molecule is COCC(CCBr)NC(=O)c1c[nH]ccc1=O. The Hall–Kier alpha value is -1.14. The summed E-state index contributed by atoms with van der Waals surface area (Å²) in [4.78, 5) is 26.0. The zero-order chi connectivity index (χ0) is 12.7. The van der Waals surface area contributed by atoms with Gasteiger partial charge in [0.25, 0.3) is 5.91 Å². The number of alkyl halides is 1. The van der Waals surface area contributed by atoms with Gasteiger partial charge < -0.3 is 15.0 Å². The van der Waals surface area contributed by atoms with Gasteiger partial charge in [-0.15, -0.1) is 0 Å². The molecule has 0 aliphatic rings. The molecule has 6 heteroatoms. The van der Waals surface area contributed by atoms with Gasteiger partial charge in [-0.05, 0) is 6.42 Å². The lowest BCUT2D eigenvalue weighted by Crippen LogP contribution is -2.40. The van der Waals surface area contributed by atoms with Crippen molar-refractivity contribution in [3.8, 4) is 0 Å². The molecule has 17 heavy (non-hydrogen) atoms. The summed E-state index contributed by atoms with van der Waals surface area (Å²) in [5, 5.41) is 3.52. The quantitative estimate of drug-likeness (QED) is 0.767. The van der Waals surface area contributed by atoms with Crippen LogP contribution in [0.5, 0.6) is 0 Å². The lowest BCUT2D eigenvalue weighted by molar-refractivity contribution is 0.0894. The number of nitrogens with one attached hydrogen (secondary N) is 2. The summed E-state index contributed by atoms with van der Waals surface area (Å²) < 4.78 is 5.00. The number of carbonyl (C=O) groups is 1. The van der Waals surface area contributed by atoms with Gasteiger partial charge in [0.1, 0.15) is 5.56 Å². The van der Waals surface area contributed by atoms with Gasteiger partial charge in [-0.1, -0.05) is 15.9 Å². The molecule has 0 fully saturated rings. The molecule has 0 saturated carbocycles. The lowest BCUT2D eigenvalue weighted by Gasteiger charge is -2.16. The fourth-order valence-corrected chi connectivity index (χ4v) is 1.94. The van der Waals surface area contributed by atoms with Crippen molar-refractivity contribution in [1.29, 1.82) is 0 Å². The Morgan fingerprint density at radius 1 is 1.65 bits per heavy atom. The van der Waals surface area contributed by atoms with E-state index in [2.05, 4.69) is 26.2 Å². The third kappa shape index (κ3) is 4.32. The van der Waals surface area contributed by atoms with Crippen LogP contribution in [0.25, 0.3) is 0 Å². The number of hydrogen-bond acceptors (Lipinski definition) is 3. The van der Waals surface area contributed by atoms with Crippen LogP contribution < -0.4 is 10.7 Å². The van der Waals surface area contributed by atoms with Crippen LogP contribution >= 0.6 is 15.9 Å². The molecule has 2 N–H and O–H groups in total. The summed E-state index contributed by atoms with van der Waals surface area (Å²) in [6.07, 6.45) is 3.63. The van der Waals surface area contributed by atoms with E-state index in [0.29, 0.717) is 6.61 Å². The van der Waals surface area contributed by atoms with E-state index >= 15 is 0 Å². The molecular formula is C11H15BrN2O3. The van der Waals surface area contributed by atoms with E-state index in [1.807, 2.05) is 0 Å². The average molecular weight is 303 g/mol. The Kier molecular flexibility index (Phi) is 5.93. The topological polar surface area (TPSA) is 71.2 Å². The summed E-state index contributed by atoms with van der Waals surface area (Å²) in [5.41, 5.74) is -0.181. The van der Waals surface area contributed by atoms with Crippen LogP contribution in [0.2, 0.25) is 0 Å². The number of hydrogen-bond donors (Lipinski definition) is 2. The molecule has 0 aliphatic carbocycles. The van der Waals surface area contributed by atoms with Crippen molar-refractivity contribution in [2.45, 2.75) is 12.5 Å². The van der Waals surface area contributed by atoms with Gasteiger partial charge in [-0.3, -0.25) is 9.59 Å². The largest absolute Gasteiger partial charge is 0.383 e. The number of ether oxygens (including phenoxy) is 1. The van der Waals surface area contributed by atoms with Gasteiger partial charge in [0.05, 0.1) is 12.6 Å². The van der Waals surface area contributed by atoms with E-state index in [1.165, 1.54) is 18.5 Å². The van der Waals surface area contributed by atoms with E-state index < -0.39 is 0 Å². The highest BCUT2D eigenvalue weighted by atomic mass is 79.9. The number of carbonyl (C=O) groups excluding carboxylic acids is 1. The highest BCUT2D eigenvalue weighted by molar-refractivity contribution is 9.09. The maximum Gasteiger partial charge on any atom is 0.257 e. The van der Waals surface area contributed by atoms with Gasteiger partial charge in [-0.2, -0.15) is 0 Å². The first kappa shape index (κ1) is 13.9. The number of rotatable bonds is 6. The zero-order valence-corrected chi connectivity index (χ0v) is 11.1. The van der Waals surface area contributed by atoms with Crippen LogP contribution in [-0.2, 0) is 4.74 Å². The number of H-pyrrole nitrogens is 1. The van der Waals surface area contributed by atoms with E-state index in [9.17, 15) is 9.59 Å². The zero-order valence-electron chi connectivity index (χ0n) is 9.53. The first-order chi connectivity index (χ1) is 8.19. The van der Waals surface area contributed by atoms with Crippen LogP contribution in [0.15, 0.2) is 23.3 Å². The molecule has 1 aromatic heterocycles. The van der Waals surface area contributed by atoms with Crippen LogP contribution in [0.3, 0.4) is 0 Å². The second kappa shape index (κ2) is 7.24. The minimum atomic E-state index is -0.380. The number of amides is 1. The Morgan fingerprint density at radius 2 is 2.41 bits per heavy atom. The maximum atomic E-state index is 11.8. The Balaban J connectivity index is 2.70. The minimum Gasteiger partial charge on any atom is -0.383 e. The smallest absolute Gasteiger partial charge is 0.257 e. The Labute approximate surface area is 108 Å². The molecule has 0 saturated heterocycles. The molecule has 1 atom stereocenters. The van der Waals surface area contributed by atoms with E-state index in [0.717, 1.165) is 11.8 Å². The second-order valence-corrected chi connectivity index (χ2v) is 4.32. The highest BCUT2D eigenvalue weighted by Crippen LogP contribution is 1.99. The molecule has 1 unspecified atom stereocenters. The first-order valence-corrected chi connectivity index (χ1v) is 6.34.